The first-order valence-electron chi connectivity index (χ1n) is 9.61. The number of nitrogens with zero attached hydrogens (tertiary/aromatic N) is 1. The lowest BCUT2D eigenvalue weighted by Crippen LogP contribution is -2.31. The number of thiazole rings is 1. The van der Waals surface area contributed by atoms with Gasteiger partial charge < -0.3 is 14.8 Å². The Balaban J connectivity index is 1.39. The summed E-state index contributed by atoms with van der Waals surface area (Å²) in [6, 6.07) is 10.6. The third-order valence-electron chi connectivity index (χ3n) is 4.74. The van der Waals surface area contributed by atoms with Crippen molar-refractivity contribution in [2.75, 3.05) is 13.2 Å². The molecule has 1 N–H and O–H groups in total. The molecule has 3 aromatic rings. The van der Waals surface area contributed by atoms with Crippen molar-refractivity contribution < 1.29 is 23.0 Å². The van der Waals surface area contributed by atoms with Gasteiger partial charge >= 0.3 is 0 Å². The fourth-order valence-corrected chi connectivity index (χ4v) is 3.93. The summed E-state index contributed by atoms with van der Waals surface area (Å²) >= 11 is 1.36. The van der Waals surface area contributed by atoms with E-state index < -0.39 is 11.6 Å². The van der Waals surface area contributed by atoms with Crippen molar-refractivity contribution in [1.29, 1.82) is 0 Å². The molecule has 156 valence electrons. The number of carbonyl (C=O) groups is 1. The maximum Gasteiger partial charge on any atom is 0.270 e. The van der Waals surface area contributed by atoms with Crippen molar-refractivity contribution >= 4 is 17.2 Å². The Bertz CT molecular complexity index is 1030. The Hall–Kier alpha value is -2.84. The average Bonchev–Trinajstić information content (AvgIpc) is 3.44. The van der Waals surface area contributed by atoms with E-state index in [4.69, 9.17) is 9.47 Å². The van der Waals surface area contributed by atoms with Gasteiger partial charge in [-0.25, -0.2) is 13.8 Å². The summed E-state index contributed by atoms with van der Waals surface area (Å²) in [6.45, 7) is 1.20. The highest BCUT2D eigenvalue weighted by Crippen LogP contribution is 2.27. The van der Waals surface area contributed by atoms with Gasteiger partial charge in [0.15, 0.2) is 0 Å². The molecule has 1 saturated heterocycles. The maximum absolute atomic E-state index is 13.8. The van der Waals surface area contributed by atoms with Crippen molar-refractivity contribution in [3.05, 3.63) is 70.7 Å². The predicted molar refractivity (Wildman–Crippen MR) is 110 cm³/mol. The highest BCUT2D eigenvalue weighted by molar-refractivity contribution is 7.13. The standard InChI is InChI=1S/C22H20F2N2O3S/c23-16-7-6-15(19(24)10-16)12-29-17-4-1-3-14(9-17)22-26-20(13-30-22)21(27)25-11-18-5-2-8-28-18/h1,3-4,6-7,9-10,13,18H,2,5,8,11-12H2,(H,25,27). The van der Waals surface area contributed by atoms with E-state index in [9.17, 15) is 13.6 Å². The zero-order valence-corrected chi connectivity index (χ0v) is 16.9. The van der Waals surface area contributed by atoms with Crippen molar-refractivity contribution in [3.8, 4) is 16.3 Å². The molecule has 2 heterocycles. The molecular weight excluding hydrogens is 410 g/mol. The van der Waals surface area contributed by atoms with Crippen molar-refractivity contribution in [2.24, 2.45) is 0 Å². The first-order valence-corrected chi connectivity index (χ1v) is 10.5. The van der Waals surface area contributed by atoms with E-state index in [0.29, 0.717) is 23.0 Å². The Labute approximate surface area is 176 Å². The zero-order chi connectivity index (χ0) is 20.9. The largest absolute Gasteiger partial charge is 0.489 e. The molecule has 1 atom stereocenters. The van der Waals surface area contributed by atoms with Crippen LogP contribution in [0.3, 0.4) is 0 Å². The second-order valence-electron chi connectivity index (χ2n) is 6.94. The molecule has 1 unspecified atom stereocenters. The van der Waals surface area contributed by atoms with Crippen LogP contribution in [0.1, 0.15) is 28.9 Å². The number of benzene rings is 2. The zero-order valence-electron chi connectivity index (χ0n) is 16.1. The number of halogens is 2. The highest BCUT2D eigenvalue weighted by atomic mass is 32.1. The normalized spacial score (nSPS) is 15.9. The average molecular weight is 430 g/mol. The molecule has 30 heavy (non-hydrogen) atoms. The van der Waals surface area contributed by atoms with E-state index in [2.05, 4.69) is 10.3 Å². The number of nitrogens with one attached hydrogen (secondary N) is 1. The molecule has 1 aromatic heterocycles. The topological polar surface area (TPSA) is 60.5 Å². The summed E-state index contributed by atoms with van der Waals surface area (Å²) in [6.07, 6.45) is 2.05. The lowest BCUT2D eigenvalue weighted by atomic mass is 10.2. The van der Waals surface area contributed by atoms with Crippen LogP contribution < -0.4 is 10.1 Å². The van der Waals surface area contributed by atoms with E-state index >= 15 is 0 Å². The van der Waals surface area contributed by atoms with E-state index in [1.165, 1.54) is 23.5 Å². The van der Waals surface area contributed by atoms with Crippen LogP contribution in [-0.2, 0) is 11.3 Å². The van der Waals surface area contributed by atoms with Gasteiger partial charge in [-0.3, -0.25) is 4.79 Å². The van der Waals surface area contributed by atoms with Crippen molar-refractivity contribution in [3.63, 3.8) is 0 Å². The molecule has 2 aromatic carbocycles. The van der Waals surface area contributed by atoms with Gasteiger partial charge in [-0.15, -0.1) is 11.3 Å². The summed E-state index contributed by atoms with van der Waals surface area (Å²) in [5, 5.41) is 5.24. The number of hydrogen-bond acceptors (Lipinski definition) is 5. The minimum absolute atomic E-state index is 0.0235. The molecule has 8 heteroatoms. The summed E-state index contributed by atoms with van der Waals surface area (Å²) < 4.78 is 37.9. The second-order valence-corrected chi connectivity index (χ2v) is 7.79. The minimum atomic E-state index is -0.648. The summed E-state index contributed by atoms with van der Waals surface area (Å²) in [5.74, 6) is -0.981. The molecule has 1 fully saturated rings. The van der Waals surface area contributed by atoms with Gasteiger partial charge in [-0.2, -0.15) is 0 Å². The monoisotopic (exact) mass is 430 g/mol. The highest BCUT2D eigenvalue weighted by Gasteiger charge is 2.18. The van der Waals surface area contributed by atoms with Gasteiger partial charge in [0, 0.05) is 35.7 Å². The first kappa shape index (κ1) is 20.4. The molecule has 0 saturated carbocycles. The molecule has 1 amide bonds. The van der Waals surface area contributed by atoms with Crippen LogP contribution >= 0.6 is 11.3 Å². The maximum atomic E-state index is 13.8. The Morgan fingerprint density at radius 2 is 2.17 bits per heavy atom. The van der Waals surface area contributed by atoms with Crippen LogP contribution in [0.4, 0.5) is 8.78 Å². The van der Waals surface area contributed by atoms with Crippen LogP contribution in [0.15, 0.2) is 47.8 Å². The molecule has 1 aliphatic heterocycles. The van der Waals surface area contributed by atoms with Gasteiger partial charge in [0.05, 0.1) is 6.10 Å². The van der Waals surface area contributed by atoms with E-state index in [1.54, 1.807) is 23.6 Å². The molecule has 1 aliphatic rings. The Morgan fingerprint density at radius 1 is 1.27 bits per heavy atom. The van der Waals surface area contributed by atoms with Gasteiger partial charge in [-0.1, -0.05) is 12.1 Å². The summed E-state index contributed by atoms with van der Waals surface area (Å²) in [4.78, 5) is 16.7. The molecule has 5 nitrogen and oxygen atoms in total. The number of rotatable bonds is 7. The number of aromatic nitrogens is 1. The van der Waals surface area contributed by atoms with Crippen molar-refractivity contribution in [1.82, 2.24) is 10.3 Å². The van der Waals surface area contributed by atoms with Gasteiger partial charge in [0.1, 0.15) is 34.7 Å². The van der Waals surface area contributed by atoms with Gasteiger partial charge in [0.2, 0.25) is 0 Å². The number of amides is 1. The Kier molecular flexibility index (Phi) is 6.35. The number of hydrogen-bond donors (Lipinski definition) is 1. The molecule has 0 radical (unpaired) electrons. The van der Waals surface area contributed by atoms with Crippen LogP contribution in [0, 0.1) is 11.6 Å². The smallest absolute Gasteiger partial charge is 0.270 e. The number of ether oxygens (including phenoxy) is 2. The SMILES string of the molecule is O=C(NCC1CCCO1)c1csc(-c2cccc(OCc3ccc(F)cc3F)c2)n1. The fourth-order valence-electron chi connectivity index (χ4n) is 3.13. The van der Waals surface area contributed by atoms with Crippen LogP contribution in [0.2, 0.25) is 0 Å². The second kappa shape index (κ2) is 9.32. The Morgan fingerprint density at radius 3 is 2.97 bits per heavy atom. The lowest BCUT2D eigenvalue weighted by Gasteiger charge is -2.09. The van der Waals surface area contributed by atoms with E-state index in [1.807, 2.05) is 6.07 Å². The van der Waals surface area contributed by atoms with Crippen LogP contribution in [-0.4, -0.2) is 30.1 Å². The fraction of sp³-hybridized carbons (Fsp3) is 0.273. The van der Waals surface area contributed by atoms with E-state index in [-0.39, 0.29) is 24.2 Å². The first-order chi connectivity index (χ1) is 14.6. The van der Waals surface area contributed by atoms with Gasteiger partial charge in [0.25, 0.3) is 5.91 Å². The molecule has 0 bridgehead atoms. The third-order valence-corrected chi connectivity index (χ3v) is 5.63. The minimum Gasteiger partial charge on any atom is -0.489 e. The van der Waals surface area contributed by atoms with E-state index in [0.717, 1.165) is 31.1 Å². The van der Waals surface area contributed by atoms with Crippen molar-refractivity contribution in [2.45, 2.75) is 25.6 Å². The predicted octanol–water partition coefficient (Wildman–Crippen LogP) is 4.58. The summed E-state index contributed by atoms with van der Waals surface area (Å²) in [7, 11) is 0. The van der Waals surface area contributed by atoms with Crippen LogP contribution in [0.5, 0.6) is 5.75 Å². The number of carbonyl (C=O) groups excluding carboxylic acids is 1. The molecule has 0 aliphatic carbocycles. The van der Waals surface area contributed by atoms with Crippen LogP contribution in [0.25, 0.3) is 10.6 Å². The van der Waals surface area contributed by atoms with Gasteiger partial charge in [-0.05, 0) is 37.1 Å². The molecular formula is C22H20F2N2O3S. The summed E-state index contributed by atoms with van der Waals surface area (Å²) in [5.41, 5.74) is 1.41. The lowest BCUT2D eigenvalue weighted by molar-refractivity contribution is 0.0854. The molecule has 0 spiro atoms. The molecule has 4 rings (SSSR count). The quantitative estimate of drug-likeness (QED) is 0.596. The third kappa shape index (κ3) is 5.01.